The van der Waals surface area contributed by atoms with E-state index in [1.165, 1.54) is 4.90 Å². The van der Waals surface area contributed by atoms with Crippen LogP contribution in [0.3, 0.4) is 0 Å². The van der Waals surface area contributed by atoms with Crippen LogP contribution in [0.15, 0.2) is 53.7 Å². The number of nitrogens with two attached hydrogens (primary N) is 1. The molecule has 4 rings (SSSR count). The van der Waals surface area contributed by atoms with E-state index in [1.54, 1.807) is 50.6 Å². The maximum absolute atomic E-state index is 13.4. The Bertz CT molecular complexity index is 1100. The van der Waals surface area contributed by atoms with Gasteiger partial charge < -0.3 is 15.2 Å². The summed E-state index contributed by atoms with van der Waals surface area (Å²) in [6.07, 6.45) is 1.69. The zero-order valence-electron chi connectivity index (χ0n) is 17.5. The number of hydrogen-bond acceptors (Lipinski definition) is 5. The maximum Gasteiger partial charge on any atom is 0.250 e. The Morgan fingerprint density at radius 3 is 2.55 bits per heavy atom. The lowest BCUT2D eigenvalue weighted by molar-refractivity contribution is -0.119. The van der Waals surface area contributed by atoms with Crippen LogP contribution in [0.2, 0.25) is 0 Å². The van der Waals surface area contributed by atoms with Gasteiger partial charge in [-0.25, -0.2) is 0 Å². The number of anilines is 1. The van der Waals surface area contributed by atoms with E-state index in [4.69, 9.17) is 15.2 Å². The highest BCUT2D eigenvalue weighted by molar-refractivity contribution is 6.10. The zero-order valence-corrected chi connectivity index (χ0v) is 17.5. The lowest BCUT2D eigenvalue weighted by atomic mass is 9.76. The molecule has 160 valence electrons. The minimum absolute atomic E-state index is 0.00480. The summed E-state index contributed by atoms with van der Waals surface area (Å²) in [5.74, 6) is -0.0474. The summed E-state index contributed by atoms with van der Waals surface area (Å²) in [4.78, 5) is 40.1. The summed E-state index contributed by atoms with van der Waals surface area (Å²) in [5, 5.41) is 0. The molecule has 0 saturated heterocycles. The topological polar surface area (TPSA) is 98.9 Å². The van der Waals surface area contributed by atoms with E-state index in [2.05, 4.69) is 0 Å². The second kappa shape index (κ2) is 8.26. The summed E-state index contributed by atoms with van der Waals surface area (Å²) < 4.78 is 10.9. The summed E-state index contributed by atoms with van der Waals surface area (Å²) in [6.45, 7) is 0. The Morgan fingerprint density at radius 1 is 1.06 bits per heavy atom. The van der Waals surface area contributed by atoms with Crippen LogP contribution in [0.1, 0.15) is 47.5 Å². The lowest BCUT2D eigenvalue weighted by Crippen LogP contribution is -2.41. The SMILES string of the molecule is COc1ccc(OC)c(C2CC(=O)N(c3ccccc3C(N)=O)C3=C2C(=O)CCC3)c1. The third-order valence-corrected chi connectivity index (χ3v) is 5.90. The minimum Gasteiger partial charge on any atom is -0.497 e. The van der Waals surface area contributed by atoms with Crippen LogP contribution in [0, 0.1) is 0 Å². The first-order valence-corrected chi connectivity index (χ1v) is 10.2. The monoisotopic (exact) mass is 420 g/mol. The number of carbonyl (C=O) groups excluding carboxylic acids is 3. The molecule has 0 saturated carbocycles. The van der Waals surface area contributed by atoms with Crippen LogP contribution in [-0.4, -0.2) is 31.8 Å². The average Bonchev–Trinajstić information content (AvgIpc) is 2.78. The third kappa shape index (κ3) is 3.56. The molecule has 1 unspecified atom stereocenters. The van der Waals surface area contributed by atoms with E-state index >= 15 is 0 Å². The molecule has 0 aromatic heterocycles. The Hall–Kier alpha value is -3.61. The first-order chi connectivity index (χ1) is 15.0. The molecule has 2 N–H and O–H groups in total. The van der Waals surface area contributed by atoms with Crippen molar-refractivity contribution in [2.24, 2.45) is 5.73 Å². The number of benzene rings is 2. The predicted octanol–water partition coefficient (Wildman–Crippen LogP) is 3.33. The number of hydrogen-bond donors (Lipinski definition) is 1. The molecule has 0 fully saturated rings. The zero-order chi connectivity index (χ0) is 22.1. The number of Topliss-reactive ketones (excluding diaryl/α,β-unsaturated/α-hetero) is 1. The van der Waals surface area contributed by atoms with Gasteiger partial charge >= 0.3 is 0 Å². The van der Waals surface area contributed by atoms with Crippen molar-refractivity contribution in [3.8, 4) is 11.5 Å². The molecule has 2 aromatic rings. The molecule has 31 heavy (non-hydrogen) atoms. The van der Waals surface area contributed by atoms with E-state index in [9.17, 15) is 14.4 Å². The molecule has 1 heterocycles. The number of ether oxygens (including phenoxy) is 2. The molecule has 1 aliphatic heterocycles. The van der Waals surface area contributed by atoms with Crippen LogP contribution >= 0.6 is 0 Å². The normalized spacial score (nSPS) is 18.6. The quantitative estimate of drug-likeness (QED) is 0.800. The smallest absolute Gasteiger partial charge is 0.250 e. The number of para-hydroxylation sites is 1. The van der Waals surface area contributed by atoms with E-state index in [0.717, 1.165) is 5.56 Å². The van der Waals surface area contributed by atoms with Gasteiger partial charge in [0.15, 0.2) is 5.78 Å². The van der Waals surface area contributed by atoms with Crippen LogP contribution in [-0.2, 0) is 9.59 Å². The fraction of sp³-hybridized carbons (Fsp3) is 0.292. The number of carbonyl (C=O) groups is 3. The molecule has 0 spiro atoms. The van der Waals surface area contributed by atoms with Crippen molar-refractivity contribution in [3.63, 3.8) is 0 Å². The molecule has 1 atom stereocenters. The van der Waals surface area contributed by atoms with Crippen molar-refractivity contribution in [1.29, 1.82) is 0 Å². The predicted molar refractivity (Wildman–Crippen MR) is 115 cm³/mol. The van der Waals surface area contributed by atoms with E-state index in [1.807, 2.05) is 6.07 Å². The van der Waals surface area contributed by atoms with Crippen LogP contribution in [0.5, 0.6) is 11.5 Å². The lowest BCUT2D eigenvalue weighted by Gasteiger charge is -2.39. The van der Waals surface area contributed by atoms with Gasteiger partial charge in [0.2, 0.25) is 5.91 Å². The second-order valence-electron chi connectivity index (χ2n) is 7.61. The van der Waals surface area contributed by atoms with Crippen molar-refractivity contribution in [1.82, 2.24) is 0 Å². The number of amides is 2. The highest BCUT2D eigenvalue weighted by Gasteiger charge is 2.41. The van der Waals surface area contributed by atoms with Gasteiger partial charge in [-0.05, 0) is 43.2 Å². The fourth-order valence-electron chi connectivity index (χ4n) is 4.53. The molecule has 2 aliphatic rings. The Balaban J connectivity index is 1.92. The molecular weight excluding hydrogens is 396 g/mol. The van der Waals surface area contributed by atoms with Crippen molar-refractivity contribution in [2.75, 3.05) is 19.1 Å². The van der Waals surface area contributed by atoms with Gasteiger partial charge in [0, 0.05) is 35.6 Å². The van der Waals surface area contributed by atoms with Crippen LogP contribution < -0.4 is 20.1 Å². The summed E-state index contributed by atoms with van der Waals surface area (Å²) in [7, 11) is 3.12. The summed E-state index contributed by atoms with van der Waals surface area (Å²) in [5.41, 5.74) is 8.19. The van der Waals surface area contributed by atoms with Gasteiger partial charge in [-0.15, -0.1) is 0 Å². The Morgan fingerprint density at radius 2 is 1.84 bits per heavy atom. The molecule has 0 radical (unpaired) electrons. The van der Waals surface area contributed by atoms with Gasteiger partial charge in [-0.3, -0.25) is 19.3 Å². The molecule has 2 amide bonds. The van der Waals surface area contributed by atoms with Crippen molar-refractivity contribution in [3.05, 3.63) is 64.9 Å². The van der Waals surface area contributed by atoms with Gasteiger partial charge in [-0.1, -0.05) is 12.1 Å². The Kier molecular flexibility index (Phi) is 5.50. The third-order valence-electron chi connectivity index (χ3n) is 5.90. The highest BCUT2D eigenvalue weighted by Crippen LogP contribution is 2.46. The van der Waals surface area contributed by atoms with Gasteiger partial charge in [0.25, 0.3) is 5.91 Å². The summed E-state index contributed by atoms with van der Waals surface area (Å²) >= 11 is 0. The largest absolute Gasteiger partial charge is 0.497 e. The summed E-state index contributed by atoms with van der Waals surface area (Å²) in [6, 6.07) is 12.1. The highest BCUT2D eigenvalue weighted by atomic mass is 16.5. The molecule has 7 nitrogen and oxygen atoms in total. The number of allylic oxidation sites excluding steroid dienone is 2. The van der Waals surface area contributed by atoms with E-state index in [-0.39, 0.29) is 23.7 Å². The molecule has 7 heteroatoms. The van der Waals surface area contributed by atoms with Crippen molar-refractivity contribution >= 4 is 23.3 Å². The van der Waals surface area contributed by atoms with Crippen molar-refractivity contribution < 1.29 is 23.9 Å². The molecule has 2 aromatic carbocycles. The van der Waals surface area contributed by atoms with Gasteiger partial charge in [0.05, 0.1) is 25.5 Å². The molecular formula is C24H24N2O5. The average molecular weight is 420 g/mol. The number of methoxy groups -OCH3 is 2. The van der Waals surface area contributed by atoms with Crippen LogP contribution in [0.25, 0.3) is 0 Å². The minimum atomic E-state index is -0.621. The van der Waals surface area contributed by atoms with Gasteiger partial charge in [-0.2, -0.15) is 0 Å². The number of ketones is 1. The first kappa shape index (κ1) is 20.7. The van der Waals surface area contributed by atoms with Gasteiger partial charge in [0.1, 0.15) is 11.5 Å². The number of nitrogens with zero attached hydrogens (tertiary/aromatic N) is 1. The van der Waals surface area contributed by atoms with Crippen molar-refractivity contribution in [2.45, 2.75) is 31.6 Å². The second-order valence-corrected chi connectivity index (χ2v) is 7.61. The first-order valence-electron chi connectivity index (χ1n) is 10.2. The molecule has 0 bridgehead atoms. The molecule has 1 aliphatic carbocycles. The maximum atomic E-state index is 13.4. The van der Waals surface area contributed by atoms with E-state index < -0.39 is 11.8 Å². The van der Waals surface area contributed by atoms with Crippen LogP contribution in [0.4, 0.5) is 5.69 Å². The number of primary amides is 1. The number of rotatable bonds is 5. The Labute approximate surface area is 180 Å². The van der Waals surface area contributed by atoms with E-state index in [0.29, 0.717) is 47.7 Å². The standard InChI is InChI=1S/C24H24N2O5/c1-30-14-10-11-21(31-2)16(12-14)17-13-22(28)26(19-8-5-9-20(27)23(17)19)18-7-4-3-6-15(18)24(25)29/h3-4,6-7,10-12,17H,5,8-9,13H2,1-2H3,(H2,25,29). The fourth-order valence-corrected chi connectivity index (χ4v) is 4.53.